The Balaban J connectivity index is 1.74. The highest BCUT2D eigenvalue weighted by atomic mass is 16.2. The zero-order chi connectivity index (χ0) is 13.0. The first-order chi connectivity index (χ1) is 8.57. The number of amides is 1. The number of carbonyl (C=O) groups excluding carboxylic acids is 1. The van der Waals surface area contributed by atoms with Crippen LogP contribution in [-0.4, -0.2) is 54.6 Å². The summed E-state index contributed by atoms with van der Waals surface area (Å²) >= 11 is 0. The van der Waals surface area contributed by atoms with Gasteiger partial charge in [-0.15, -0.1) is 0 Å². The molecule has 5 nitrogen and oxygen atoms in total. The Hall–Kier alpha value is -0.650. The maximum Gasteiger partial charge on any atom is 0.236 e. The highest BCUT2D eigenvalue weighted by Gasteiger charge is 2.30. The average Bonchev–Trinajstić information content (AvgIpc) is 2.32. The van der Waals surface area contributed by atoms with Gasteiger partial charge in [0.1, 0.15) is 0 Å². The topological polar surface area (TPSA) is 61.6 Å². The van der Waals surface area contributed by atoms with Crippen LogP contribution in [0.15, 0.2) is 0 Å². The van der Waals surface area contributed by atoms with E-state index in [-0.39, 0.29) is 11.4 Å². The van der Waals surface area contributed by atoms with E-state index in [2.05, 4.69) is 17.4 Å². The first-order valence-corrected chi connectivity index (χ1v) is 7.09. The fourth-order valence-electron chi connectivity index (χ4n) is 2.89. The largest absolute Gasteiger partial charge is 0.325 e. The smallest absolute Gasteiger partial charge is 0.236 e. The van der Waals surface area contributed by atoms with Crippen LogP contribution < -0.4 is 11.2 Å². The van der Waals surface area contributed by atoms with Crippen molar-refractivity contribution in [3.8, 4) is 0 Å². The molecule has 3 N–H and O–H groups in total. The summed E-state index contributed by atoms with van der Waals surface area (Å²) < 4.78 is 0. The number of carbonyl (C=O) groups is 1. The Labute approximate surface area is 110 Å². The predicted molar refractivity (Wildman–Crippen MR) is 71.8 cm³/mol. The molecule has 18 heavy (non-hydrogen) atoms. The molecule has 1 saturated carbocycles. The summed E-state index contributed by atoms with van der Waals surface area (Å²) in [7, 11) is 2.11. The molecule has 0 aromatic carbocycles. The molecule has 0 radical (unpaired) electrons. The second-order valence-corrected chi connectivity index (χ2v) is 5.93. The van der Waals surface area contributed by atoms with E-state index >= 15 is 0 Å². The Morgan fingerprint density at radius 1 is 1.17 bits per heavy atom. The van der Waals surface area contributed by atoms with Crippen LogP contribution in [0.2, 0.25) is 0 Å². The fraction of sp³-hybridized carbons (Fsp3) is 0.923. The van der Waals surface area contributed by atoms with E-state index in [4.69, 9.17) is 5.73 Å². The van der Waals surface area contributed by atoms with Gasteiger partial charge in [-0.3, -0.25) is 10.2 Å². The molecule has 1 saturated heterocycles. The standard InChI is InChI=1S/C13H26N4O/c1-16-7-9-17(10-8-16)15-12(18)11-13(14)5-3-2-4-6-13/h2-11,14H2,1H3,(H,15,18). The van der Waals surface area contributed by atoms with Crippen molar-refractivity contribution in [1.82, 2.24) is 15.3 Å². The van der Waals surface area contributed by atoms with Crippen molar-refractivity contribution in [2.45, 2.75) is 44.1 Å². The molecule has 0 aromatic heterocycles. The summed E-state index contributed by atoms with van der Waals surface area (Å²) in [5.74, 6) is 0.0870. The number of hydrogen-bond acceptors (Lipinski definition) is 4. The van der Waals surface area contributed by atoms with Gasteiger partial charge in [-0.05, 0) is 19.9 Å². The first kappa shape index (κ1) is 13.8. The van der Waals surface area contributed by atoms with Crippen molar-refractivity contribution in [2.24, 2.45) is 5.73 Å². The van der Waals surface area contributed by atoms with Crippen LogP contribution in [0.25, 0.3) is 0 Å². The summed E-state index contributed by atoms with van der Waals surface area (Å²) in [6, 6.07) is 0. The van der Waals surface area contributed by atoms with Crippen molar-refractivity contribution < 1.29 is 4.79 Å². The minimum absolute atomic E-state index is 0.0870. The molecule has 0 aromatic rings. The summed E-state index contributed by atoms with van der Waals surface area (Å²) in [6.45, 7) is 3.82. The molecule has 2 aliphatic rings. The van der Waals surface area contributed by atoms with Gasteiger partial charge in [0.2, 0.25) is 5.91 Å². The molecule has 1 aliphatic carbocycles. The van der Waals surface area contributed by atoms with Crippen molar-refractivity contribution in [2.75, 3.05) is 33.2 Å². The first-order valence-electron chi connectivity index (χ1n) is 7.09. The van der Waals surface area contributed by atoms with Crippen molar-refractivity contribution in [3.05, 3.63) is 0 Å². The maximum atomic E-state index is 12.0. The highest BCUT2D eigenvalue weighted by Crippen LogP contribution is 2.28. The Bertz CT molecular complexity index is 281. The van der Waals surface area contributed by atoms with E-state index in [9.17, 15) is 4.79 Å². The third kappa shape index (κ3) is 3.93. The van der Waals surface area contributed by atoms with Crippen LogP contribution >= 0.6 is 0 Å². The molecule has 0 unspecified atom stereocenters. The predicted octanol–water partition coefficient (Wildman–Crippen LogP) is 0.317. The lowest BCUT2D eigenvalue weighted by molar-refractivity contribution is -0.128. The number of nitrogens with two attached hydrogens (primary N) is 1. The van der Waals surface area contributed by atoms with Gasteiger partial charge < -0.3 is 10.6 Å². The Morgan fingerprint density at radius 2 is 1.78 bits per heavy atom. The minimum atomic E-state index is -0.255. The third-order valence-electron chi connectivity index (χ3n) is 4.15. The molecule has 5 heteroatoms. The van der Waals surface area contributed by atoms with Gasteiger partial charge in [-0.25, -0.2) is 5.01 Å². The summed E-state index contributed by atoms with van der Waals surface area (Å²) in [4.78, 5) is 14.3. The molecule has 1 heterocycles. The third-order valence-corrected chi connectivity index (χ3v) is 4.15. The van der Waals surface area contributed by atoms with Crippen LogP contribution in [0, 0.1) is 0 Å². The van der Waals surface area contributed by atoms with Crippen LogP contribution in [0.1, 0.15) is 38.5 Å². The minimum Gasteiger partial charge on any atom is -0.325 e. The van der Waals surface area contributed by atoms with E-state index in [0.717, 1.165) is 51.9 Å². The second-order valence-electron chi connectivity index (χ2n) is 5.93. The highest BCUT2D eigenvalue weighted by molar-refractivity contribution is 5.76. The molecule has 0 atom stereocenters. The maximum absolute atomic E-state index is 12.0. The number of nitrogens with one attached hydrogen (secondary N) is 1. The van der Waals surface area contributed by atoms with Gasteiger partial charge in [-0.1, -0.05) is 19.3 Å². The lowest BCUT2D eigenvalue weighted by atomic mass is 9.80. The molecule has 2 rings (SSSR count). The van der Waals surface area contributed by atoms with Gasteiger partial charge in [0.15, 0.2) is 0 Å². The number of hydrazine groups is 1. The Morgan fingerprint density at radius 3 is 2.39 bits per heavy atom. The van der Waals surface area contributed by atoms with Crippen molar-refractivity contribution in [1.29, 1.82) is 0 Å². The zero-order valence-corrected chi connectivity index (χ0v) is 11.5. The lowest BCUT2D eigenvalue weighted by Crippen LogP contribution is -2.54. The zero-order valence-electron chi connectivity index (χ0n) is 11.5. The van der Waals surface area contributed by atoms with E-state index in [1.54, 1.807) is 0 Å². The van der Waals surface area contributed by atoms with Crippen LogP contribution in [0.4, 0.5) is 0 Å². The lowest BCUT2D eigenvalue weighted by Gasteiger charge is -2.35. The molecule has 0 spiro atoms. The summed E-state index contributed by atoms with van der Waals surface area (Å²) in [5.41, 5.74) is 9.04. The fourth-order valence-corrected chi connectivity index (χ4v) is 2.89. The number of likely N-dealkylation sites (N-methyl/N-ethyl adjacent to an activating group) is 1. The van der Waals surface area contributed by atoms with Gasteiger partial charge in [0.25, 0.3) is 0 Å². The number of rotatable bonds is 3. The molecular formula is C13H26N4O. The number of piperazine rings is 1. The van der Waals surface area contributed by atoms with Crippen LogP contribution in [0.5, 0.6) is 0 Å². The SMILES string of the molecule is CN1CCN(NC(=O)CC2(N)CCCCC2)CC1. The van der Waals surface area contributed by atoms with E-state index < -0.39 is 0 Å². The number of nitrogens with zero attached hydrogens (tertiary/aromatic N) is 2. The molecule has 1 aliphatic heterocycles. The molecule has 1 amide bonds. The van der Waals surface area contributed by atoms with Gasteiger partial charge >= 0.3 is 0 Å². The van der Waals surface area contributed by atoms with Gasteiger partial charge in [-0.2, -0.15) is 0 Å². The molecular weight excluding hydrogens is 228 g/mol. The van der Waals surface area contributed by atoms with Crippen LogP contribution in [-0.2, 0) is 4.79 Å². The van der Waals surface area contributed by atoms with E-state index in [1.165, 1.54) is 6.42 Å². The van der Waals surface area contributed by atoms with Crippen molar-refractivity contribution in [3.63, 3.8) is 0 Å². The quantitative estimate of drug-likeness (QED) is 0.761. The Kier molecular flexibility index (Phi) is 4.59. The van der Waals surface area contributed by atoms with E-state index in [0.29, 0.717) is 6.42 Å². The normalized spacial score (nSPS) is 25.9. The van der Waals surface area contributed by atoms with Gasteiger partial charge in [0, 0.05) is 38.1 Å². The second kappa shape index (κ2) is 5.99. The van der Waals surface area contributed by atoms with Crippen LogP contribution in [0.3, 0.4) is 0 Å². The molecule has 0 bridgehead atoms. The molecule has 104 valence electrons. The summed E-state index contributed by atoms with van der Waals surface area (Å²) in [6.07, 6.45) is 6.04. The van der Waals surface area contributed by atoms with Gasteiger partial charge in [0.05, 0.1) is 0 Å². The van der Waals surface area contributed by atoms with Crippen molar-refractivity contribution >= 4 is 5.91 Å². The number of hydrogen-bond donors (Lipinski definition) is 2. The molecule has 2 fully saturated rings. The average molecular weight is 254 g/mol. The monoisotopic (exact) mass is 254 g/mol. The van der Waals surface area contributed by atoms with E-state index in [1.807, 2.05) is 5.01 Å². The summed E-state index contributed by atoms with van der Waals surface area (Å²) in [5, 5.41) is 2.02.